The summed E-state index contributed by atoms with van der Waals surface area (Å²) < 4.78 is 0. The molecule has 0 unspecified atom stereocenters. The molecule has 0 saturated carbocycles. The zero-order chi connectivity index (χ0) is 19.6. The Kier molecular flexibility index (Phi) is 5.64. The fourth-order valence-electron chi connectivity index (χ4n) is 3.54. The van der Waals surface area contributed by atoms with Crippen LogP contribution >= 0.6 is 0 Å². The van der Waals surface area contributed by atoms with E-state index in [-0.39, 0.29) is 11.3 Å². The molecule has 2 aliphatic rings. The first-order valence-electron chi connectivity index (χ1n) is 9.98. The first-order chi connectivity index (χ1) is 12.7. The van der Waals surface area contributed by atoms with Gasteiger partial charge in [-0.3, -0.25) is 4.79 Å². The lowest BCUT2D eigenvalue weighted by Gasteiger charge is -2.33. The number of amides is 1. The van der Waals surface area contributed by atoms with Crippen molar-refractivity contribution in [2.45, 2.75) is 47.5 Å². The van der Waals surface area contributed by atoms with Gasteiger partial charge in [0.15, 0.2) is 0 Å². The SMILES string of the molecule is Cc1ccc(C(=O)NC2=CC(C(C)(C)C)=[C]NC2)c(N2CCC(C)CC2)c1. The molecule has 1 amide bonds. The van der Waals surface area contributed by atoms with Crippen molar-refractivity contribution in [1.82, 2.24) is 10.6 Å². The Morgan fingerprint density at radius 3 is 2.63 bits per heavy atom. The van der Waals surface area contributed by atoms with Crippen LogP contribution in [-0.2, 0) is 0 Å². The van der Waals surface area contributed by atoms with E-state index in [2.05, 4.69) is 62.4 Å². The van der Waals surface area contributed by atoms with Gasteiger partial charge < -0.3 is 15.5 Å². The molecule has 1 aromatic carbocycles. The van der Waals surface area contributed by atoms with Crippen LogP contribution < -0.4 is 15.5 Å². The Bertz CT molecular complexity index is 762. The van der Waals surface area contributed by atoms with Crippen LogP contribution in [0.4, 0.5) is 5.69 Å². The number of nitrogens with zero attached hydrogens (tertiary/aromatic N) is 1. The summed E-state index contributed by atoms with van der Waals surface area (Å²) in [6.07, 6.45) is 7.61. The van der Waals surface area contributed by atoms with Gasteiger partial charge in [-0.05, 0) is 60.4 Å². The number of rotatable bonds is 3. The fraction of sp³-hybridized carbons (Fsp3) is 0.522. The number of benzene rings is 1. The molecule has 2 N–H and O–H groups in total. The van der Waals surface area contributed by atoms with Crippen LogP contribution in [0.1, 0.15) is 56.5 Å². The van der Waals surface area contributed by atoms with Gasteiger partial charge in [-0.25, -0.2) is 0 Å². The maximum absolute atomic E-state index is 13.1. The molecule has 0 spiro atoms. The van der Waals surface area contributed by atoms with E-state index in [0.717, 1.165) is 41.5 Å². The number of hydrogen-bond donors (Lipinski definition) is 2. The number of carbonyl (C=O) groups excluding carboxylic acids is 1. The lowest BCUT2D eigenvalue weighted by molar-refractivity contribution is 0.0965. The molecule has 1 saturated heterocycles. The summed E-state index contributed by atoms with van der Waals surface area (Å²) >= 11 is 0. The van der Waals surface area contributed by atoms with Gasteiger partial charge in [0.05, 0.1) is 18.3 Å². The van der Waals surface area contributed by atoms with Gasteiger partial charge in [0.2, 0.25) is 0 Å². The zero-order valence-corrected chi connectivity index (χ0v) is 17.3. The summed E-state index contributed by atoms with van der Waals surface area (Å²) in [6, 6.07) is 6.13. The number of hydrogen-bond acceptors (Lipinski definition) is 3. The van der Waals surface area contributed by atoms with Crippen molar-refractivity contribution in [2.75, 3.05) is 24.5 Å². The molecule has 145 valence electrons. The van der Waals surface area contributed by atoms with E-state index < -0.39 is 0 Å². The van der Waals surface area contributed by atoms with Gasteiger partial charge in [-0.15, -0.1) is 0 Å². The van der Waals surface area contributed by atoms with Crippen molar-refractivity contribution in [3.8, 4) is 0 Å². The van der Waals surface area contributed by atoms with Crippen molar-refractivity contribution >= 4 is 11.6 Å². The van der Waals surface area contributed by atoms with Crippen LogP contribution in [0.3, 0.4) is 0 Å². The number of nitrogens with one attached hydrogen (secondary N) is 2. The Hall–Kier alpha value is -2.23. The summed E-state index contributed by atoms with van der Waals surface area (Å²) in [5.41, 5.74) is 4.95. The maximum Gasteiger partial charge on any atom is 0.257 e. The van der Waals surface area contributed by atoms with Crippen LogP contribution in [-0.4, -0.2) is 25.5 Å². The summed E-state index contributed by atoms with van der Waals surface area (Å²) in [5, 5.41) is 6.28. The second kappa shape index (κ2) is 7.79. The van der Waals surface area contributed by atoms with Crippen LogP contribution in [0, 0.1) is 24.5 Å². The van der Waals surface area contributed by atoms with Crippen LogP contribution in [0.15, 0.2) is 35.5 Å². The predicted octanol–water partition coefficient (Wildman–Crippen LogP) is 4.18. The standard InChI is InChI=1S/C23H32N3O/c1-16-8-10-26(11-9-16)21-12-17(2)6-7-20(21)22(27)25-19-13-18(14-24-15-19)23(3,4)5/h6-7,12-13,16,24H,8-11,15H2,1-5H3,(H,25,27). The van der Waals surface area contributed by atoms with E-state index in [0.29, 0.717) is 6.54 Å². The summed E-state index contributed by atoms with van der Waals surface area (Å²) in [6.45, 7) is 13.5. The summed E-state index contributed by atoms with van der Waals surface area (Å²) in [7, 11) is 0. The minimum Gasteiger partial charge on any atom is -0.378 e. The molecular weight excluding hydrogens is 334 g/mol. The van der Waals surface area contributed by atoms with Gasteiger partial charge in [0.1, 0.15) is 0 Å². The van der Waals surface area contributed by atoms with Crippen LogP contribution in [0.5, 0.6) is 0 Å². The molecule has 0 atom stereocenters. The molecule has 1 radical (unpaired) electrons. The fourth-order valence-corrected chi connectivity index (χ4v) is 3.54. The van der Waals surface area contributed by atoms with Gasteiger partial charge in [-0.1, -0.05) is 33.8 Å². The number of carbonyl (C=O) groups is 1. The molecule has 0 aromatic heterocycles. The van der Waals surface area contributed by atoms with Crippen molar-refractivity contribution in [3.05, 3.63) is 52.9 Å². The van der Waals surface area contributed by atoms with E-state index in [1.165, 1.54) is 18.4 Å². The Labute approximate surface area is 163 Å². The molecule has 27 heavy (non-hydrogen) atoms. The molecule has 1 aromatic rings. The quantitative estimate of drug-likeness (QED) is 0.843. The normalized spacial score (nSPS) is 18.5. The second-order valence-corrected chi connectivity index (χ2v) is 8.96. The Morgan fingerprint density at radius 2 is 1.96 bits per heavy atom. The first-order valence-corrected chi connectivity index (χ1v) is 9.98. The van der Waals surface area contributed by atoms with Gasteiger partial charge in [0, 0.05) is 24.5 Å². The minimum absolute atomic E-state index is 0.0110. The highest BCUT2D eigenvalue weighted by Gasteiger charge is 2.23. The topological polar surface area (TPSA) is 44.4 Å². The van der Waals surface area contributed by atoms with E-state index in [1.807, 2.05) is 18.2 Å². The average Bonchev–Trinajstić information content (AvgIpc) is 2.61. The molecule has 3 rings (SSSR count). The molecule has 0 bridgehead atoms. The highest BCUT2D eigenvalue weighted by atomic mass is 16.1. The zero-order valence-electron chi connectivity index (χ0n) is 17.3. The lowest BCUT2D eigenvalue weighted by atomic mass is 9.85. The first kappa shape index (κ1) is 19.5. The third kappa shape index (κ3) is 4.74. The monoisotopic (exact) mass is 366 g/mol. The van der Waals surface area contributed by atoms with Crippen molar-refractivity contribution < 1.29 is 4.79 Å². The van der Waals surface area contributed by atoms with Gasteiger partial charge >= 0.3 is 0 Å². The average molecular weight is 367 g/mol. The molecule has 0 aliphatic carbocycles. The third-order valence-corrected chi connectivity index (χ3v) is 5.42. The van der Waals surface area contributed by atoms with Crippen LogP contribution in [0.2, 0.25) is 0 Å². The molecule has 4 nitrogen and oxygen atoms in total. The van der Waals surface area contributed by atoms with E-state index in [1.54, 1.807) is 0 Å². The molecule has 2 aliphatic heterocycles. The number of dihydropyridines is 1. The molecular formula is C23H32N3O. The van der Waals surface area contributed by atoms with E-state index in [9.17, 15) is 4.79 Å². The van der Waals surface area contributed by atoms with E-state index >= 15 is 0 Å². The van der Waals surface area contributed by atoms with E-state index in [4.69, 9.17) is 0 Å². The molecule has 2 heterocycles. The largest absolute Gasteiger partial charge is 0.378 e. The second-order valence-electron chi connectivity index (χ2n) is 8.96. The number of allylic oxidation sites excluding steroid dienone is 2. The highest BCUT2D eigenvalue weighted by Crippen LogP contribution is 2.29. The van der Waals surface area contributed by atoms with Crippen LogP contribution in [0.25, 0.3) is 0 Å². The van der Waals surface area contributed by atoms with Gasteiger partial charge in [0.25, 0.3) is 5.91 Å². The number of anilines is 1. The molecule has 1 fully saturated rings. The minimum atomic E-state index is -0.0353. The Morgan fingerprint density at radius 1 is 1.26 bits per heavy atom. The Balaban J connectivity index is 1.81. The summed E-state index contributed by atoms with van der Waals surface area (Å²) in [4.78, 5) is 15.4. The summed E-state index contributed by atoms with van der Waals surface area (Å²) in [5.74, 6) is 0.729. The lowest BCUT2D eigenvalue weighted by Crippen LogP contribution is -2.36. The smallest absolute Gasteiger partial charge is 0.257 e. The third-order valence-electron chi connectivity index (χ3n) is 5.42. The highest BCUT2D eigenvalue weighted by molar-refractivity contribution is 6.01. The van der Waals surface area contributed by atoms with Crippen molar-refractivity contribution in [1.29, 1.82) is 0 Å². The van der Waals surface area contributed by atoms with Crippen molar-refractivity contribution in [3.63, 3.8) is 0 Å². The predicted molar refractivity (Wildman–Crippen MR) is 112 cm³/mol. The van der Waals surface area contributed by atoms with Crippen molar-refractivity contribution in [2.24, 2.45) is 11.3 Å². The van der Waals surface area contributed by atoms with Gasteiger partial charge in [-0.2, -0.15) is 0 Å². The maximum atomic E-state index is 13.1. The number of aryl methyl sites for hydroxylation is 1. The molecule has 4 heteroatoms. The number of piperidine rings is 1.